The maximum atomic E-state index is 9.01. The lowest BCUT2D eigenvalue weighted by Gasteiger charge is -2.10. The van der Waals surface area contributed by atoms with Crippen LogP contribution in [0.15, 0.2) is 48.9 Å². The number of aromatic nitrogens is 3. The minimum Gasteiger partial charge on any atom is -0.368 e. The first-order valence-electron chi connectivity index (χ1n) is 6.91. The van der Waals surface area contributed by atoms with E-state index in [-0.39, 0.29) is 0 Å². The maximum absolute atomic E-state index is 9.01. The molecule has 0 saturated heterocycles. The Hall–Kier alpha value is -3.20. The first-order valence-corrected chi connectivity index (χ1v) is 6.91. The predicted molar refractivity (Wildman–Crippen MR) is 85.5 cm³/mol. The van der Waals surface area contributed by atoms with Crippen LogP contribution in [0.1, 0.15) is 5.56 Å². The van der Waals surface area contributed by atoms with Gasteiger partial charge in [0.05, 0.1) is 11.1 Å². The molecule has 2 N–H and O–H groups in total. The maximum Gasteiger partial charge on any atom is 0.143 e. The Morgan fingerprint density at radius 3 is 2.59 bits per heavy atom. The average molecular weight is 290 g/mol. The van der Waals surface area contributed by atoms with Gasteiger partial charge in [-0.3, -0.25) is 0 Å². The zero-order valence-corrected chi connectivity index (χ0v) is 11.8. The van der Waals surface area contributed by atoms with Gasteiger partial charge in [0.15, 0.2) is 0 Å². The van der Waals surface area contributed by atoms with Gasteiger partial charge in [-0.05, 0) is 24.3 Å². The van der Waals surface area contributed by atoms with E-state index in [1.807, 2.05) is 24.3 Å². The summed E-state index contributed by atoms with van der Waals surface area (Å²) >= 11 is 0. The first-order chi connectivity index (χ1) is 10.9. The van der Waals surface area contributed by atoms with Crippen molar-refractivity contribution in [1.29, 1.82) is 5.26 Å². The van der Waals surface area contributed by atoms with Gasteiger partial charge in [-0.1, -0.05) is 12.1 Å². The lowest BCUT2D eigenvalue weighted by atomic mass is 10.2. The van der Waals surface area contributed by atoms with E-state index in [0.29, 0.717) is 24.5 Å². The fourth-order valence-electron chi connectivity index (χ4n) is 2.14. The molecule has 3 rings (SSSR count). The Balaban J connectivity index is 1.62. The van der Waals surface area contributed by atoms with Gasteiger partial charge in [-0.15, -0.1) is 0 Å². The molecule has 0 spiro atoms. The second kappa shape index (κ2) is 6.50. The number of hydrogen-bond donors (Lipinski definition) is 2. The molecule has 108 valence electrons. The second-order valence-electron chi connectivity index (χ2n) is 4.60. The van der Waals surface area contributed by atoms with Crippen LogP contribution in [0.5, 0.6) is 0 Å². The number of pyridine rings is 1. The van der Waals surface area contributed by atoms with Crippen LogP contribution in [0.25, 0.3) is 10.9 Å². The number of anilines is 2. The summed E-state index contributed by atoms with van der Waals surface area (Å²) in [5.41, 5.74) is 1.44. The number of nitrogens with zero attached hydrogens (tertiary/aromatic N) is 4. The Morgan fingerprint density at radius 1 is 0.909 bits per heavy atom. The van der Waals surface area contributed by atoms with Crippen LogP contribution in [0.3, 0.4) is 0 Å². The number of rotatable bonds is 5. The summed E-state index contributed by atoms with van der Waals surface area (Å²) in [6, 6.07) is 13.4. The number of nitrogens with one attached hydrogen (secondary N) is 2. The van der Waals surface area contributed by atoms with Crippen molar-refractivity contribution in [3.63, 3.8) is 0 Å². The van der Waals surface area contributed by atoms with Gasteiger partial charge in [0.25, 0.3) is 0 Å². The van der Waals surface area contributed by atoms with Crippen molar-refractivity contribution in [3.05, 3.63) is 54.5 Å². The second-order valence-corrected chi connectivity index (χ2v) is 4.60. The third kappa shape index (κ3) is 2.94. The van der Waals surface area contributed by atoms with Crippen molar-refractivity contribution >= 4 is 22.5 Å². The zero-order valence-electron chi connectivity index (χ0n) is 11.8. The van der Waals surface area contributed by atoms with Crippen molar-refractivity contribution < 1.29 is 0 Å². The summed E-state index contributed by atoms with van der Waals surface area (Å²) in [6.07, 6.45) is 3.21. The molecule has 0 radical (unpaired) electrons. The minimum atomic E-state index is 0.537. The number of hydrogen-bond acceptors (Lipinski definition) is 6. The molecule has 0 saturated carbocycles. The van der Waals surface area contributed by atoms with Crippen molar-refractivity contribution in [2.45, 2.75) is 0 Å². The third-order valence-corrected chi connectivity index (χ3v) is 3.18. The summed E-state index contributed by atoms with van der Waals surface area (Å²) in [5, 5.41) is 16.4. The molecule has 1 aromatic carbocycles. The van der Waals surface area contributed by atoms with Gasteiger partial charge in [0.1, 0.15) is 24.0 Å². The van der Waals surface area contributed by atoms with E-state index in [1.165, 1.54) is 0 Å². The van der Waals surface area contributed by atoms with Crippen molar-refractivity contribution in [2.75, 3.05) is 23.7 Å². The quantitative estimate of drug-likeness (QED) is 0.702. The summed E-state index contributed by atoms with van der Waals surface area (Å²) in [4.78, 5) is 12.7. The van der Waals surface area contributed by atoms with Crippen LogP contribution in [-0.4, -0.2) is 28.0 Å². The molecule has 0 aliphatic carbocycles. The summed E-state index contributed by atoms with van der Waals surface area (Å²) < 4.78 is 0. The predicted octanol–water partition coefficient (Wildman–Crippen LogP) is 2.42. The average Bonchev–Trinajstić information content (AvgIpc) is 2.59. The van der Waals surface area contributed by atoms with Gasteiger partial charge in [-0.25, -0.2) is 15.0 Å². The van der Waals surface area contributed by atoms with Gasteiger partial charge in [-0.2, -0.15) is 5.26 Å². The third-order valence-electron chi connectivity index (χ3n) is 3.18. The Bertz CT molecular complexity index is 819. The number of fused-ring (bicyclic) bond motifs is 1. The van der Waals surface area contributed by atoms with E-state index in [1.54, 1.807) is 24.7 Å². The monoisotopic (exact) mass is 290 g/mol. The van der Waals surface area contributed by atoms with Crippen LogP contribution in [0.4, 0.5) is 11.6 Å². The summed E-state index contributed by atoms with van der Waals surface area (Å²) in [7, 11) is 0. The molecule has 0 amide bonds. The van der Waals surface area contributed by atoms with E-state index >= 15 is 0 Å². The lowest BCUT2D eigenvalue weighted by molar-refractivity contribution is 1.04. The molecule has 0 aliphatic heterocycles. The standard InChI is InChI=1S/C16H14N6/c17-10-12-4-3-7-18-15(12)19-8-9-20-16-13-5-1-2-6-14(13)21-11-22-16/h1-7,11H,8-9H2,(H,18,19)(H,20,21,22). The summed E-state index contributed by atoms with van der Waals surface area (Å²) in [5.74, 6) is 1.40. The van der Waals surface area contributed by atoms with Crippen molar-refractivity contribution in [3.8, 4) is 6.07 Å². The highest BCUT2D eigenvalue weighted by molar-refractivity contribution is 5.88. The van der Waals surface area contributed by atoms with Gasteiger partial charge in [0, 0.05) is 24.7 Å². The highest BCUT2D eigenvalue weighted by Crippen LogP contribution is 2.17. The highest BCUT2D eigenvalue weighted by Gasteiger charge is 2.03. The molecule has 0 fully saturated rings. The van der Waals surface area contributed by atoms with Gasteiger partial charge >= 0.3 is 0 Å². The molecule has 0 unspecified atom stereocenters. The van der Waals surface area contributed by atoms with E-state index in [0.717, 1.165) is 16.7 Å². The van der Waals surface area contributed by atoms with E-state index in [4.69, 9.17) is 5.26 Å². The largest absolute Gasteiger partial charge is 0.368 e. The van der Waals surface area contributed by atoms with E-state index in [2.05, 4.69) is 31.7 Å². The Labute approximate surface area is 127 Å². The van der Waals surface area contributed by atoms with Crippen LogP contribution in [0.2, 0.25) is 0 Å². The normalized spacial score (nSPS) is 10.1. The SMILES string of the molecule is N#Cc1cccnc1NCCNc1ncnc2ccccc12. The molecular formula is C16H14N6. The van der Waals surface area contributed by atoms with Gasteiger partial charge < -0.3 is 10.6 Å². The topological polar surface area (TPSA) is 86.5 Å². The molecule has 3 aromatic rings. The van der Waals surface area contributed by atoms with Crippen LogP contribution >= 0.6 is 0 Å². The number of nitriles is 1. The zero-order chi connectivity index (χ0) is 15.2. The fraction of sp³-hybridized carbons (Fsp3) is 0.125. The molecular weight excluding hydrogens is 276 g/mol. The summed E-state index contributed by atoms with van der Waals surface area (Å²) in [6.45, 7) is 1.28. The number of benzene rings is 1. The first kappa shape index (κ1) is 13.8. The van der Waals surface area contributed by atoms with Crippen molar-refractivity contribution in [2.24, 2.45) is 0 Å². The minimum absolute atomic E-state index is 0.537. The molecule has 2 aromatic heterocycles. The fourth-order valence-corrected chi connectivity index (χ4v) is 2.14. The van der Waals surface area contributed by atoms with Gasteiger partial charge in [0.2, 0.25) is 0 Å². The molecule has 2 heterocycles. The Kier molecular flexibility index (Phi) is 4.07. The van der Waals surface area contributed by atoms with E-state index in [9.17, 15) is 0 Å². The van der Waals surface area contributed by atoms with Crippen LogP contribution < -0.4 is 10.6 Å². The van der Waals surface area contributed by atoms with Crippen molar-refractivity contribution in [1.82, 2.24) is 15.0 Å². The molecule has 0 aliphatic rings. The molecule has 6 nitrogen and oxygen atoms in total. The van der Waals surface area contributed by atoms with Crippen LogP contribution in [-0.2, 0) is 0 Å². The van der Waals surface area contributed by atoms with E-state index < -0.39 is 0 Å². The Morgan fingerprint density at radius 2 is 1.73 bits per heavy atom. The van der Waals surface area contributed by atoms with Crippen LogP contribution in [0, 0.1) is 11.3 Å². The molecule has 22 heavy (non-hydrogen) atoms. The lowest BCUT2D eigenvalue weighted by Crippen LogP contribution is -2.15. The molecule has 6 heteroatoms. The molecule has 0 atom stereocenters. The number of para-hydroxylation sites is 1. The molecule has 0 bridgehead atoms. The smallest absolute Gasteiger partial charge is 0.143 e. The highest BCUT2D eigenvalue weighted by atomic mass is 15.1.